The summed E-state index contributed by atoms with van der Waals surface area (Å²) in [5.41, 5.74) is 0. The van der Waals surface area contributed by atoms with Gasteiger partial charge < -0.3 is 0 Å². The molecule has 0 bridgehead atoms. The molecule has 0 atom stereocenters. The van der Waals surface area contributed by atoms with Crippen LogP contribution in [0.1, 0.15) is 44.9 Å². The molecule has 1 nitrogen and oxygen atoms in total. The third-order valence-electron chi connectivity index (χ3n) is 2.33. The first-order chi connectivity index (χ1) is 5.83. The van der Waals surface area contributed by atoms with E-state index in [1.54, 1.807) is 0 Å². The van der Waals surface area contributed by atoms with Crippen LogP contribution in [0.25, 0.3) is 0 Å². The summed E-state index contributed by atoms with van der Waals surface area (Å²) in [7, 11) is 0. The third-order valence-corrected chi connectivity index (χ3v) is 2.33. The second-order valence-corrected chi connectivity index (χ2v) is 3.72. The van der Waals surface area contributed by atoms with Gasteiger partial charge in [-0.3, -0.25) is 4.79 Å². The summed E-state index contributed by atoms with van der Waals surface area (Å²) >= 11 is 0. The predicted molar refractivity (Wildman–Crippen MR) is 51.0 cm³/mol. The average molecular weight is 166 g/mol. The van der Waals surface area contributed by atoms with Crippen molar-refractivity contribution < 1.29 is 4.79 Å². The van der Waals surface area contributed by atoms with Crippen LogP contribution in [0.15, 0.2) is 12.7 Å². The van der Waals surface area contributed by atoms with Crippen molar-refractivity contribution in [2.45, 2.75) is 44.9 Å². The first kappa shape index (κ1) is 9.50. The largest absolute Gasteiger partial charge is 0.300 e. The summed E-state index contributed by atoms with van der Waals surface area (Å²) in [6, 6.07) is 0. The lowest BCUT2D eigenvalue weighted by atomic mass is 10.1. The number of hydrogen-bond donors (Lipinski definition) is 0. The SMILES string of the molecule is C=CCCCCC(=O)CC1CC1. The minimum atomic E-state index is 0.474. The topological polar surface area (TPSA) is 17.1 Å². The summed E-state index contributed by atoms with van der Waals surface area (Å²) in [5, 5.41) is 0. The highest BCUT2D eigenvalue weighted by atomic mass is 16.1. The molecule has 1 saturated carbocycles. The Morgan fingerprint density at radius 3 is 2.75 bits per heavy atom. The molecule has 1 fully saturated rings. The zero-order chi connectivity index (χ0) is 8.81. The van der Waals surface area contributed by atoms with Gasteiger partial charge in [0.15, 0.2) is 0 Å². The van der Waals surface area contributed by atoms with E-state index in [-0.39, 0.29) is 0 Å². The van der Waals surface area contributed by atoms with Crippen LogP contribution in [-0.2, 0) is 4.79 Å². The van der Waals surface area contributed by atoms with Crippen molar-refractivity contribution in [2.75, 3.05) is 0 Å². The van der Waals surface area contributed by atoms with Crippen molar-refractivity contribution in [2.24, 2.45) is 5.92 Å². The standard InChI is InChI=1S/C11H18O/c1-2-3-4-5-6-11(12)9-10-7-8-10/h2,10H,1,3-9H2. The highest BCUT2D eigenvalue weighted by molar-refractivity contribution is 5.78. The van der Waals surface area contributed by atoms with Crippen LogP contribution in [-0.4, -0.2) is 5.78 Å². The molecule has 0 aromatic heterocycles. The Bertz CT molecular complexity index is 156. The molecule has 0 radical (unpaired) electrons. The van der Waals surface area contributed by atoms with E-state index < -0.39 is 0 Å². The van der Waals surface area contributed by atoms with Crippen molar-refractivity contribution in [1.82, 2.24) is 0 Å². The van der Waals surface area contributed by atoms with E-state index in [1.807, 2.05) is 6.08 Å². The summed E-state index contributed by atoms with van der Waals surface area (Å²) in [5.74, 6) is 1.23. The molecule has 1 heteroatoms. The smallest absolute Gasteiger partial charge is 0.133 e. The molecule has 1 rings (SSSR count). The lowest BCUT2D eigenvalue weighted by Gasteiger charge is -1.97. The molecule has 68 valence electrons. The monoisotopic (exact) mass is 166 g/mol. The number of carbonyl (C=O) groups excluding carboxylic acids is 1. The Balaban J connectivity index is 1.90. The van der Waals surface area contributed by atoms with E-state index in [4.69, 9.17) is 0 Å². The number of unbranched alkanes of at least 4 members (excludes halogenated alkanes) is 2. The van der Waals surface area contributed by atoms with Crippen molar-refractivity contribution in [1.29, 1.82) is 0 Å². The van der Waals surface area contributed by atoms with E-state index in [2.05, 4.69) is 6.58 Å². The molecular weight excluding hydrogens is 148 g/mol. The highest BCUT2D eigenvalue weighted by Crippen LogP contribution is 2.32. The van der Waals surface area contributed by atoms with Crippen LogP contribution in [0.3, 0.4) is 0 Å². The minimum Gasteiger partial charge on any atom is -0.300 e. The second-order valence-electron chi connectivity index (χ2n) is 3.72. The van der Waals surface area contributed by atoms with Gasteiger partial charge in [0.2, 0.25) is 0 Å². The lowest BCUT2D eigenvalue weighted by molar-refractivity contribution is -0.119. The number of carbonyl (C=O) groups is 1. The molecule has 0 aromatic rings. The molecule has 0 aliphatic heterocycles. The fourth-order valence-corrected chi connectivity index (χ4v) is 1.36. The first-order valence-corrected chi connectivity index (χ1v) is 4.95. The van der Waals surface area contributed by atoms with Gasteiger partial charge in [0, 0.05) is 12.8 Å². The van der Waals surface area contributed by atoms with E-state index in [1.165, 1.54) is 12.8 Å². The fourth-order valence-electron chi connectivity index (χ4n) is 1.36. The summed E-state index contributed by atoms with van der Waals surface area (Å²) in [4.78, 5) is 11.2. The van der Waals surface area contributed by atoms with Gasteiger partial charge in [-0.2, -0.15) is 0 Å². The van der Waals surface area contributed by atoms with E-state index in [9.17, 15) is 4.79 Å². The average Bonchev–Trinajstić information content (AvgIpc) is 2.82. The molecule has 1 aliphatic carbocycles. The molecule has 1 aliphatic rings. The molecule has 0 amide bonds. The predicted octanol–water partition coefficient (Wildman–Crippen LogP) is 3.10. The number of rotatable bonds is 7. The molecule has 0 unspecified atom stereocenters. The van der Waals surface area contributed by atoms with Crippen molar-refractivity contribution in [3.8, 4) is 0 Å². The molecule has 0 N–H and O–H groups in total. The minimum absolute atomic E-state index is 0.474. The van der Waals surface area contributed by atoms with Crippen LogP contribution in [0, 0.1) is 5.92 Å². The Kier molecular flexibility index (Phi) is 4.06. The van der Waals surface area contributed by atoms with Gasteiger partial charge in [0.25, 0.3) is 0 Å². The van der Waals surface area contributed by atoms with Crippen molar-refractivity contribution in [3.63, 3.8) is 0 Å². The lowest BCUT2D eigenvalue weighted by Crippen LogP contribution is -1.98. The van der Waals surface area contributed by atoms with Crippen LogP contribution in [0.5, 0.6) is 0 Å². The van der Waals surface area contributed by atoms with E-state index in [0.29, 0.717) is 5.78 Å². The van der Waals surface area contributed by atoms with Crippen LogP contribution in [0.2, 0.25) is 0 Å². The van der Waals surface area contributed by atoms with Crippen molar-refractivity contribution in [3.05, 3.63) is 12.7 Å². The van der Waals surface area contributed by atoms with Gasteiger partial charge in [0.1, 0.15) is 5.78 Å². The maximum Gasteiger partial charge on any atom is 0.133 e. The molecule has 12 heavy (non-hydrogen) atoms. The van der Waals surface area contributed by atoms with E-state index in [0.717, 1.165) is 38.0 Å². The zero-order valence-electron chi connectivity index (χ0n) is 7.72. The molecular formula is C11H18O. The number of Topliss-reactive ketones (excluding diaryl/α,β-unsaturated/α-hetero) is 1. The zero-order valence-corrected chi connectivity index (χ0v) is 7.72. The van der Waals surface area contributed by atoms with Gasteiger partial charge in [-0.05, 0) is 38.0 Å². The number of ketones is 1. The second kappa shape index (κ2) is 5.13. The Labute approximate surface area is 74.9 Å². The quantitative estimate of drug-likeness (QED) is 0.419. The first-order valence-electron chi connectivity index (χ1n) is 4.95. The summed E-state index contributed by atoms with van der Waals surface area (Å²) < 4.78 is 0. The maximum atomic E-state index is 11.2. The van der Waals surface area contributed by atoms with Gasteiger partial charge in [0.05, 0.1) is 0 Å². The van der Waals surface area contributed by atoms with Crippen LogP contribution < -0.4 is 0 Å². The van der Waals surface area contributed by atoms with Gasteiger partial charge in [-0.25, -0.2) is 0 Å². The summed E-state index contributed by atoms with van der Waals surface area (Å²) in [6.07, 6.45) is 9.38. The van der Waals surface area contributed by atoms with Crippen LogP contribution >= 0.6 is 0 Å². The van der Waals surface area contributed by atoms with Crippen LogP contribution in [0.4, 0.5) is 0 Å². The molecule has 0 spiro atoms. The Hall–Kier alpha value is -0.590. The fraction of sp³-hybridized carbons (Fsp3) is 0.727. The third kappa shape index (κ3) is 4.32. The van der Waals surface area contributed by atoms with Crippen molar-refractivity contribution >= 4 is 5.78 Å². The molecule has 0 heterocycles. The van der Waals surface area contributed by atoms with Gasteiger partial charge in [-0.1, -0.05) is 6.08 Å². The summed E-state index contributed by atoms with van der Waals surface area (Å²) in [6.45, 7) is 3.65. The molecule has 0 saturated heterocycles. The Morgan fingerprint density at radius 2 is 2.17 bits per heavy atom. The number of hydrogen-bond acceptors (Lipinski definition) is 1. The number of allylic oxidation sites excluding steroid dienone is 1. The van der Waals surface area contributed by atoms with Gasteiger partial charge in [-0.15, -0.1) is 6.58 Å². The van der Waals surface area contributed by atoms with E-state index >= 15 is 0 Å². The Morgan fingerprint density at radius 1 is 1.42 bits per heavy atom. The highest BCUT2D eigenvalue weighted by Gasteiger charge is 2.23. The van der Waals surface area contributed by atoms with Gasteiger partial charge >= 0.3 is 0 Å². The molecule has 0 aromatic carbocycles. The maximum absolute atomic E-state index is 11.2. The normalized spacial score (nSPS) is 16.0.